The zero-order valence-corrected chi connectivity index (χ0v) is 28.4. The van der Waals surface area contributed by atoms with Gasteiger partial charge in [0, 0.05) is 31.5 Å². The van der Waals surface area contributed by atoms with Gasteiger partial charge in [0.1, 0.15) is 6.04 Å². The SMILES string of the molecule is COc1cc2c(c(OC)c1OC)-c1ccc(N[C@@H](CCSC)C(=O)N3CC[C@@]4(O)CCCC[C@@H]4C3)c(=O)cc1[C@@H](NC(C)=O)CC2. The fraction of sp³-hybridized carbons (Fsp3) is 0.571. The Balaban J connectivity index is 1.55. The number of methoxy groups -OCH3 is 3. The molecule has 3 N–H and O–H groups in total. The Kier molecular flexibility index (Phi) is 10.7. The van der Waals surface area contributed by atoms with Crippen LogP contribution in [0.1, 0.15) is 69.0 Å². The monoisotopic (exact) mass is 653 g/mol. The van der Waals surface area contributed by atoms with E-state index in [1.807, 2.05) is 23.3 Å². The molecule has 1 aliphatic heterocycles. The largest absolute Gasteiger partial charge is 0.493 e. The summed E-state index contributed by atoms with van der Waals surface area (Å²) in [7, 11) is 4.69. The number of ether oxygens (including phenoxy) is 3. The van der Waals surface area contributed by atoms with Gasteiger partial charge in [0.2, 0.25) is 23.0 Å². The standard InChI is InChI=1S/C35H47N3O7S/c1-21(39)36-26-11-9-22-18-30(43-2)32(44-3)33(45-4)31(22)24-10-12-27(29(40)19-25(24)26)37-28(13-17-46-5)34(41)38-16-15-35(42)14-7-6-8-23(35)20-38/h10,12,18-19,23,26,28,42H,6-9,11,13-17,20H2,1-5H3,(H,36,39)(H,37,40)/t23-,26+,28+,35+/m1/s1. The Bertz CT molecular complexity index is 1520. The molecule has 2 aliphatic carbocycles. The molecule has 1 saturated carbocycles. The van der Waals surface area contributed by atoms with Crippen molar-refractivity contribution in [3.05, 3.63) is 45.6 Å². The Hall–Kier alpha value is -3.44. The quantitative estimate of drug-likeness (QED) is 0.339. The van der Waals surface area contributed by atoms with Gasteiger partial charge in [0.15, 0.2) is 11.5 Å². The molecule has 10 nitrogen and oxygen atoms in total. The van der Waals surface area contributed by atoms with Crippen molar-refractivity contribution in [1.29, 1.82) is 0 Å². The second-order valence-corrected chi connectivity index (χ2v) is 13.6. The molecule has 250 valence electrons. The van der Waals surface area contributed by atoms with Crippen LogP contribution in [0.15, 0.2) is 29.1 Å². The van der Waals surface area contributed by atoms with Crippen LogP contribution in [0.3, 0.4) is 0 Å². The third kappa shape index (κ3) is 6.81. The van der Waals surface area contributed by atoms with Gasteiger partial charge in [-0.3, -0.25) is 14.4 Å². The lowest BCUT2D eigenvalue weighted by Crippen LogP contribution is -2.57. The summed E-state index contributed by atoms with van der Waals surface area (Å²) in [5.41, 5.74) is 2.46. The van der Waals surface area contributed by atoms with Crippen molar-refractivity contribution in [3.63, 3.8) is 0 Å². The van der Waals surface area contributed by atoms with E-state index in [2.05, 4.69) is 10.6 Å². The molecule has 11 heteroatoms. The number of nitrogens with one attached hydrogen (secondary N) is 2. The molecule has 1 saturated heterocycles. The van der Waals surface area contributed by atoms with E-state index in [9.17, 15) is 19.5 Å². The van der Waals surface area contributed by atoms with Gasteiger partial charge in [-0.05, 0) is 85.4 Å². The molecule has 0 spiro atoms. The number of anilines is 1. The number of aryl methyl sites for hydroxylation is 1. The van der Waals surface area contributed by atoms with Crippen LogP contribution in [0.2, 0.25) is 0 Å². The minimum absolute atomic E-state index is 0.0471. The van der Waals surface area contributed by atoms with E-state index in [-0.39, 0.29) is 23.2 Å². The number of piperidine rings is 1. The minimum atomic E-state index is -0.682. The summed E-state index contributed by atoms with van der Waals surface area (Å²) < 4.78 is 17.2. The molecule has 2 amide bonds. The predicted octanol–water partition coefficient (Wildman–Crippen LogP) is 4.55. The number of carbonyl (C=O) groups is 2. The van der Waals surface area contributed by atoms with Crippen LogP contribution in [-0.4, -0.2) is 79.9 Å². The molecule has 2 aromatic carbocycles. The first-order valence-electron chi connectivity index (χ1n) is 16.2. The van der Waals surface area contributed by atoms with Crippen molar-refractivity contribution < 1.29 is 28.9 Å². The number of benzene rings is 1. The van der Waals surface area contributed by atoms with Crippen LogP contribution in [0.25, 0.3) is 11.1 Å². The second-order valence-electron chi connectivity index (χ2n) is 12.7. The number of fused-ring (bicyclic) bond motifs is 4. The lowest BCUT2D eigenvalue weighted by Gasteiger charge is -2.48. The van der Waals surface area contributed by atoms with Crippen molar-refractivity contribution in [1.82, 2.24) is 10.2 Å². The maximum Gasteiger partial charge on any atom is 0.245 e. The highest BCUT2D eigenvalue weighted by Crippen LogP contribution is 2.50. The van der Waals surface area contributed by atoms with Crippen molar-refractivity contribution in [3.8, 4) is 28.4 Å². The number of thioether (sulfide) groups is 1. The summed E-state index contributed by atoms with van der Waals surface area (Å²) in [4.78, 5) is 42.1. The highest BCUT2D eigenvalue weighted by molar-refractivity contribution is 7.98. The summed E-state index contributed by atoms with van der Waals surface area (Å²) in [6.07, 6.45) is 8.10. The summed E-state index contributed by atoms with van der Waals surface area (Å²) in [6, 6.07) is 6.06. The predicted molar refractivity (Wildman–Crippen MR) is 181 cm³/mol. The van der Waals surface area contributed by atoms with Gasteiger partial charge in [-0.25, -0.2) is 0 Å². The summed E-state index contributed by atoms with van der Waals surface area (Å²) in [5.74, 6) is 2.03. The Morgan fingerprint density at radius 1 is 1.09 bits per heavy atom. The topological polar surface area (TPSA) is 126 Å². The van der Waals surface area contributed by atoms with Gasteiger partial charge in [0.25, 0.3) is 0 Å². The molecule has 0 radical (unpaired) electrons. The van der Waals surface area contributed by atoms with E-state index < -0.39 is 17.7 Å². The van der Waals surface area contributed by atoms with Crippen molar-refractivity contribution in [2.45, 2.75) is 76.0 Å². The van der Waals surface area contributed by atoms with Crippen LogP contribution < -0.4 is 30.3 Å². The molecule has 4 atom stereocenters. The van der Waals surface area contributed by atoms with Crippen LogP contribution in [0.5, 0.6) is 17.2 Å². The maximum absolute atomic E-state index is 14.0. The highest BCUT2D eigenvalue weighted by Gasteiger charge is 2.44. The Morgan fingerprint density at radius 3 is 2.57 bits per heavy atom. The number of hydrogen-bond donors (Lipinski definition) is 3. The van der Waals surface area contributed by atoms with Crippen LogP contribution >= 0.6 is 11.8 Å². The number of hydrogen-bond acceptors (Lipinski definition) is 9. The summed E-state index contributed by atoms with van der Waals surface area (Å²) in [6.45, 7) is 2.51. The fourth-order valence-corrected chi connectivity index (χ4v) is 7.97. The first-order chi connectivity index (χ1) is 22.1. The van der Waals surface area contributed by atoms with Gasteiger partial charge in [-0.1, -0.05) is 18.9 Å². The van der Waals surface area contributed by atoms with E-state index >= 15 is 0 Å². The van der Waals surface area contributed by atoms with E-state index in [0.717, 1.165) is 48.1 Å². The van der Waals surface area contributed by atoms with Gasteiger partial charge in [-0.15, -0.1) is 0 Å². The molecule has 2 aromatic rings. The third-order valence-electron chi connectivity index (χ3n) is 9.89. The second kappa shape index (κ2) is 14.5. The maximum atomic E-state index is 14.0. The Morgan fingerprint density at radius 2 is 1.87 bits per heavy atom. The number of carbonyl (C=O) groups excluding carboxylic acids is 2. The summed E-state index contributed by atoms with van der Waals surface area (Å²) >= 11 is 1.65. The van der Waals surface area contributed by atoms with E-state index in [1.165, 1.54) is 6.92 Å². The smallest absolute Gasteiger partial charge is 0.245 e. The zero-order valence-electron chi connectivity index (χ0n) is 27.6. The first-order valence-corrected chi connectivity index (χ1v) is 17.6. The zero-order chi connectivity index (χ0) is 33.0. The van der Waals surface area contributed by atoms with E-state index in [4.69, 9.17) is 14.2 Å². The third-order valence-corrected chi connectivity index (χ3v) is 10.5. The van der Waals surface area contributed by atoms with Crippen molar-refractivity contribution in [2.75, 3.05) is 51.7 Å². The average molecular weight is 654 g/mol. The van der Waals surface area contributed by atoms with Crippen molar-refractivity contribution >= 4 is 29.3 Å². The first kappa shape index (κ1) is 33.9. The van der Waals surface area contributed by atoms with Gasteiger partial charge < -0.3 is 34.9 Å². The molecule has 0 unspecified atom stereocenters. The van der Waals surface area contributed by atoms with E-state index in [0.29, 0.717) is 67.3 Å². The molecule has 3 aliphatic rings. The molecular formula is C35H47N3O7S. The number of aliphatic hydroxyl groups is 1. The van der Waals surface area contributed by atoms with Gasteiger partial charge in [0.05, 0.1) is 38.7 Å². The van der Waals surface area contributed by atoms with Crippen LogP contribution in [0.4, 0.5) is 5.69 Å². The van der Waals surface area contributed by atoms with E-state index in [1.54, 1.807) is 45.2 Å². The molecule has 2 fully saturated rings. The molecule has 5 rings (SSSR count). The van der Waals surface area contributed by atoms with Crippen molar-refractivity contribution in [2.24, 2.45) is 5.92 Å². The molecule has 0 aromatic heterocycles. The molecule has 46 heavy (non-hydrogen) atoms. The normalized spacial score (nSPS) is 22.7. The number of nitrogens with zero attached hydrogens (tertiary/aromatic N) is 1. The Labute approximate surface area is 275 Å². The number of likely N-dealkylation sites (tertiary alicyclic amines) is 1. The lowest BCUT2D eigenvalue weighted by molar-refractivity contribution is -0.144. The molecule has 1 heterocycles. The lowest BCUT2D eigenvalue weighted by atomic mass is 9.71. The molecule has 0 bridgehead atoms. The summed E-state index contributed by atoms with van der Waals surface area (Å²) in [5, 5.41) is 17.6. The van der Waals surface area contributed by atoms with Crippen LogP contribution in [-0.2, 0) is 16.0 Å². The average Bonchev–Trinajstić information content (AvgIpc) is 3.29. The van der Waals surface area contributed by atoms with Crippen LogP contribution in [0, 0.1) is 5.92 Å². The van der Waals surface area contributed by atoms with Gasteiger partial charge in [-0.2, -0.15) is 11.8 Å². The number of rotatable bonds is 10. The molecular weight excluding hydrogens is 606 g/mol. The van der Waals surface area contributed by atoms with Gasteiger partial charge >= 0.3 is 0 Å². The highest BCUT2D eigenvalue weighted by atomic mass is 32.2. The minimum Gasteiger partial charge on any atom is -0.493 e. The fourth-order valence-electron chi connectivity index (χ4n) is 7.50. The number of amides is 2.